The van der Waals surface area contributed by atoms with Gasteiger partial charge in [-0.1, -0.05) is 163 Å². The van der Waals surface area contributed by atoms with Crippen LogP contribution in [0.15, 0.2) is 0 Å². The third-order valence-electron chi connectivity index (χ3n) is 11.3. The van der Waals surface area contributed by atoms with E-state index in [1.54, 1.807) is 0 Å². The van der Waals surface area contributed by atoms with E-state index < -0.39 is 0 Å². The lowest BCUT2D eigenvalue weighted by molar-refractivity contribution is -0.150. The van der Waals surface area contributed by atoms with Crippen molar-refractivity contribution >= 4 is 17.9 Å². The predicted octanol–water partition coefficient (Wildman–Crippen LogP) is 13.7. The third kappa shape index (κ3) is 37.7. The molecule has 0 saturated carbocycles. The van der Waals surface area contributed by atoms with Crippen molar-refractivity contribution in [3.63, 3.8) is 0 Å². The maximum absolute atomic E-state index is 12.6. The van der Waals surface area contributed by atoms with Gasteiger partial charge in [0.25, 0.3) is 0 Å². The van der Waals surface area contributed by atoms with Gasteiger partial charge in [-0.3, -0.25) is 14.4 Å². The van der Waals surface area contributed by atoms with E-state index in [0.717, 1.165) is 103 Å². The van der Waals surface area contributed by atoms with Crippen LogP contribution in [0.1, 0.15) is 240 Å². The Bertz CT molecular complexity index is 853. The van der Waals surface area contributed by atoms with E-state index in [0.29, 0.717) is 44.3 Å². The summed E-state index contributed by atoms with van der Waals surface area (Å²) >= 11 is 0. The Morgan fingerprint density at radius 2 is 0.764 bits per heavy atom. The van der Waals surface area contributed by atoms with E-state index in [9.17, 15) is 14.4 Å². The Hall–Kier alpha value is -1.63. The van der Waals surface area contributed by atoms with E-state index in [1.807, 2.05) is 14.1 Å². The lowest BCUT2D eigenvalue weighted by Crippen LogP contribution is -2.20. The normalized spacial score (nSPS) is 12.7. The summed E-state index contributed by atoms with van der Waals surface area (Å²) in [6.45, 7) is 11.0. The van der Waals surface area contributed by atoms with Crippen LogP contribution in [-0.2, 0) is 28.6 Å². The van der Waals surface area contributed by atoms with Gasteiger partial charge in [-0.2, -0.15) is 0 Å². The van der Waals surface area contributed by atoms with Crippen LogP contribution < -0.4 is 0 Å². The van der Waals surface area contributed by atoms with Crippen LogP contribution in [0.5, 0.6) is 0 Å². The molecule has 0 N–H and O–H groups in total. The average molecular weight is 780 g/mol. The molecule has 0 aromatic rings. The Kier molecular flexibility index (Phi) is 39.4. The molecule has 0 radical (unpaired) electrons. The Morgan fingerprint density at radius 3 is 1.18 bits per heavy atom. The van der Waals surface area contributed by atoms with Gasteiger partial charge < -0.3 is 19.1 Å². The number of unbranched alkanes of at least 4 members (excludes halogenated alkanes) is 15. The summed E-state index contributed by atoms with van der Waals surface area (Å²) in [7, 11) is 4.06. The van der Waals surface area contributed by atoms with Crippen LogP contribution in [-0.4, -0.2) is 62.8 Å². The van der Waals surface area contributed by atoms with E-state index in [-0.39, 0.29) is 24.0 Å². The van der Waals surface area contributed by atoms with Gasteiger partial charge in [-0.15, -0.1) is 0 Å². The van der Waals surface area contributed by atoms with E-state index in [4.69, 9.17) is 14.2 Å². The SMILES string of the molecule is CCCCCC(CCCC)CCOC(=O)CCCCCCCC(CCCCCCCC(=O)OCCC(CCCCC)CCCCC)OC(=O)CCCN(C)C. The molecule has 0 aliphatic rings. The Morgan fingerprint density at radius 1 is 0.400 bits per heavy atom. The topological polar surface area (TPSA) is 82.1 Å². The molecule has 2 atom stereocenters. The highest BCUT2D eigenvalue weighted by Crippen LogP contribution is 2.23. The molecule has 0 amide bonds. The number of hydrogen-bond donors (Lipinski definition) is 0. The molecular weight excluding hydrogens is 687 g/mol. The first-order chi connectivity index (χ1) is 26.7. The van der Waals surface area contributed by atoms with Gasteiger partial charge in [-0.25, -0.2) is 0 Å². The van der Waals surface area contributed by atoms with Crippen molar-refractivity contribution in [3.05, 3.63) is 0 Å². The zero-order chi connectivity index (χ0) is 40.6. The van der Waals surface area contributed by atoms with Crippen LogP contribution in [0.2, 0.25) is 0 Å². The molecule has 7 heteroatoms. The number of hydrogen-bond acceptors (Lipinski definition) is 7. The average Bonchev–Trinajstić information content (AvgIpc) is 3.15. The summed E-state index contributed by atoms with van der Waals surface area (Å²) in [5.74, 6) is 1.22. The van der Waals surface area contributed by atoms with Crippen molar-refractivity contribution in [3.8, 4) is 0 Å². The maximum Gasteiger partial charge on any atom is 0.306 e. The highest BCUT2D eigenvalue weighted by molar-refractivity contribution is 5.70. The smallest absolute Gasteiger partial charge is 0.306 e. The van der Waals surface area contributed by atoms with Gasteiger partial charge in [0.05, 0.1) is 13.2 Å². The first-order valence-corrected chi connectivity index (χ1v) is 23.9. The lowest BCUT2D eigenvalue weighted by Gasteiger charge is -2.18. The molecule has 0 aliphatic heterocycles. The minimum absolute atomic E-state index is 0.0206. The molecule has 0 fully saturated rings. The van der Waals surface area contributed by atoms with E-state index in [2.05, 4.69) is 32.6 Å². The quantitative estimate of drug-likeness (QED) is 0.0347. The largest absolute Gasteiger partial charge is 0.466 e. The van der Waals surface area contributed by atoms with Crippen LogP contribution >= 0.6 is 0 Å². The standard InChI is InChI=1S/C48H93NO6/c1-7-11-21-30-43(29-14-10-4)38-41-53-46(50)35-26-19-15-17-24-33-45(55-48(52)37-28-40-49(5)6)34-25-18-16-20-27-36-47(51)54-42-39-44(31-22-12-8-2)32-23-13-9-3/h43-45H,7-42H2,1-6H3. The molecule has 0 aromatic heterocycles. The second-order valence-corrected chi connectivity index (χ2v) is 17.0. The molecular formula is C48H93NO6. The first-order valence-electron chi connectivity index (χ1n) is 23.9. The summed E-state index contributed by atoms with van der Waals surface area (Å²) in [5.41, 5.74) is 0. The minimum atomic E-state index is -0.0743. The number of ether oxygens (including phenoxy) is 3. The fourth-order valence-corrected chi connectivity index (χ4v) is 7.62. The Labute approximate surface area is 341 Å². The minimum Gasteiger partial charge on any atom is -0.466 e. The number of carbonyl (C=O) groups is 3. The summed E-state index contributed by atoms with van der Waals surface area (Å²) in [5, 5.41) is 0. The molecule has 0 rings (SSSR count). The Balaban J connectivity index is 4.33. The number of carbonyl (C=O) groups excluding carboxylic acids is 3. The van der Waals surface area contributed by atoms with Gasteiger partial charge in [0.2, 0.25) is 0 Å². The fraction of sp³-hybridized carbons (Fsp3) is 0.938. The molecule has 0 aliphatic carbocycles. The molecule has 0 saturated heterocycles. The first kappa shape index (κ1) is 53.4. The molecule has 0 heterocycles. The summed E-state index contributed by atoms with van der Waals surface area (Å²) < 4.78 is 17.2. The second kappa shape index (κ2) is 40.6. The van der Waals surface area contributed by atoms with Gasteiger partial charge in [0.1, 0.15) is 6.10 Å². The summed E-state index contributed by atoms with van der Waals surface area (Å²) in [4.78, 5) is 39.4. The van der Waals surface area contributed by atoms with Crippen LogP contribution in [0.25, 0.3) is 0 Å². The van der Waals surface area contributed by atoms with Gasteiger partial charge in [-0.05, 0) is 90.3 Å². The molecule has 0 spiro atoms. The van der Waals surface area contributed by atoms with Crippen molar-refractivity contribution < 1.29 is 28.6 Å². The number of rotatable bonds is 42. The highest BCUT2D eigenvalue weighted by atomic mass is 16.5. The number of nitrogens with zero attached hydrogens (tertiary/aromatic N) is 1. The van der Waals surface area contributed by atoms with Crippen molar-refractivity contribution in [1.29, 1.82) is 0 Å². The third-order valence-corrected chi connectivity index (χ3v) is 11.3. The van der Waals surface area contributed by atoms with Crippen molar-refractivity contribution in [2.45, 2.75) is 246 Å². The highest BCUT2D eigenvalue weighted by Gasteiger charge is 2.15. The monoisotopic (exact) mass is 780 g/mol. The van der Waals surface area contributed by atoms with E-state index >= 15 is 0 Å². The molecule has 326 valence electrons. The van der Waals surface area contributed by atoms with Gasteiger partial charge >= 0.3 is 17.9 Å². The predicted molar refractivity (Wildman–Crippen MR) is 232 cm³/mol. The molecule has 0 bridgehead atoms. The maximum atomic E-state index is 12.6. The van der Waals surface area contributed by atoms with Crippen LogP contribution in [0.4, 0.5) is 0 Å². The van der Waals surface area contributed by atoms with Crippen LogP contribution in [0.3, 0.4) is 0 Å². The summed E-state index contributed by atoms with van der Waals surface area (Å²) in [6, 6.07) is 0. The summed E-state index contributed by atoms with van der Waals surface area (Å²) in [6.07, 6.45) is 35.5. The fourth-order valence-electron chi connectivity index (χ4n) is 7.62. The van der Waals surface area contributed by atoms with Gasteiger partial charge in [0.15, 0.2) is 0 Å². The zero-order valence-electron chi connectivity index (χ0n) is 37.6. The van der Waals surface area contributed by atoms with Crippen molar-refractivity contribution in [2.24, 2.45) is 11.8 Å². The van der Waals surface area contributed by atoms with Crippen LogP contribution in [0, 0.1) is 11.8 Å². The van der Waals surface area contributed by atoms with Crippen molar-refractivity contribution in [1.82, 2.24) is 4.90 Å². The second-order valence-electron chi connectivity index (χ2n) is 17.0. The van der Waals surface area contributed by atoms with Crippen molar-refractivity contribution in [2.75, 3.05) is 33.9 Å². The lowest BCUT2D eigenvalue weighted by atomic mass is 9.92. The zero-order valence-corrected chi connectivity index (χ0v) is 37.6. The van der Waals surface area contributed by atoms with E-state index in [1.165, 1.54) is 96.3 Å². The van der Waals surface area contributed by atoms with Gasteiger partial charge in [0, 0.05) is 19.3 Å². The molecule has 0 aromatic carbocycles. The molecule has 7 nitrogen and oxygen atoms in total. The molecule has 55 heavy (non-hydrogen) atoms. The molecule has 2 unspecified atom stereocenters. The number of esters is 3.